The lowest BCUT2D eigenvalue weighted by Crippen LogP contribution is -2.27. The lowest BCUT2D eigenvalue weighted by atomic mass is 10.1. The Morgan fingerprint density at radius 2 is 1.86 bits per heavy atom. The molecule has 0 spiro atoms. The van der Waals surface area contributed by atoms with Gasteiger partial charge in [-0.25, -0.2) is 4.98 Å². The number of anilines is 2. The van der Waals surface area contributed by atoms with E-state index in [9.17, 15) is 9.59 Å². The van der Waals surface area contributed by atoms with Crippen molar-refractivity contribution in [3.63, 3.8) is 0 Å². The number of para-hydroxylation sites is 1. The lowest BCUT2D eigenvalue weighted by Gasteiger charge is -2.14. The number of aromatic nitrogens is 3. The van der Waals surface area contributed by atoms with E-state index in [1.165, 1.54) is 0 Å². The first-order valence-electron chi connectivity index (χ1n) is 11.4. The van der Waals surface area contributed by atoms with E-state index in [2.05, 4.69) is 22.1 Å². The van der Waals surface area contributed by atoms with Gasteiger partial charge in [0, 0.05) is 36.1 Å². The zero-order chi connectivity index (χ0) is 24.4. The number of benzene rings is 2. The Bertz CT molecular complexity index is 1460. The van der Waals surface area contributed by atoms with E-state index in [0.29, 0.717) is 30.2 Å². The molecule has 2 aromatic carbocycles. The third-order valence-electron chi connectivity index (χ3n) is 6.13. The lowest BCUT2D eigenvalue weighted by molar-refractivity contribution is -0.124. The zero-order valence-electron chi connectivity index (χ0n) is 19.2. The number of rotatable bonds is 4. The monoisotopic (exact) mass is 464 g/mol. The second-order valence-corrected chi connectivity index (χ2v) is 8.35. The molecule has 1 atom stereocenters. The summed E-state index contributed by atoms with van der Waals surface area (Å²) in [5.41, 5.74) is 9.93. The maximum absolute atomic E-state index is 12.6. The molecule has 3 N–H and O–H groups in total. The van der Waals surface area contributed by atoms with Crippen LogP contribution in [-0.2, 0) is 4.79 Å². The highest BCUT2D eigenvalue weighted by molar-refractivity contribution is 6.05. The highest BCUT2D eigenvalue weighted by Crippen LogP contribution is 2.35. The number of carbonyl (C=O) groups excluding carboxylic acids is 2. The zero-order valence-corrected chi connectivity index (χ0v) is 19.2. The second kappa shape index (κ2) is 9.31. The number of fused-ring (bicyclic) bond motifs is 1. The van der Waals surface area contributed by atoms with E-state index in [1.54, 1.807) is 30.2 Å². The van der Waals surface area contributed by atoms with Crippen molar-refractivity contribution in [3.05, 3.63) is 72.4 Å². The van der Waals surface area contributed by atoms with E-state index < -0.39 is 0 Å². The van der Waals surface area contributed by atoms with Crippen LogP contribution < -0.4 is 11.1 Å². The van der Waals surface area contributed by atoms with E-state index in [1.807, 2.05) is 53.2 Å². The van der Waals surface area contributed by atoms with Gasteiger partial charge in [-0.2, -0.15) is 5.10 Å². The summed E-state index contributed by atoms with van der Waals surface area (Å²) in [6, 6.07) is 18.5. The van der Waals surface area contributed by atoms with Gasteiger partial charge >= 0.3 is 0 Å². The first-order chi connectivity index (χ1) is 17.0. The van der Waals surface area contributed by atoms with Crippen LogP contribution in [0.25, 0.3) is 22.2 Å². The fraction of sp³-hybridized carbons (Fsp3) is 0.185. The Labute approximate surface area is 202 Å². The first-order valence-corrected chi connectivity index (χ1v) is 11.4. The molecular weight excluding hydrogens is 440 g/mol. The minimum atomic E-state index is -0.190. The molecule has 35 heavy (non-hydrogen) atoms. The topological polar surface area (TPSA) is 106 Å². The summed E-state index contributed by atoms with van der Waals surface area (Å²) in [7, 11) is 0. The standard InChI is InChI=1S/C27H24N6O2/c1-2-6-23(34)32-16-14-21(17-32)33-22-13-15-29-26(28)24(22)25(31-33)18-9-11-19(12-10-18)27(35)30-20-7-4-3-5-8-20/h3-5,7-13,15,21H,14,16-17H2,1H3,(H2,28,29)(H,30,35)/t21-/m0/s1. The number of nitrogen functional groups attached to an aromatic ring is 1. The normalized spacial score (nSPS) is 15.0. The highest BCUT2D eigenvalue weighted by Gasteiger charge is 2.29. The molecule has 1 aliphatic rings. The van der Waals surface area contributed by atoms with Gasteiger partial charge in [0.1, 0.15) is 11.5 Å². The third kappa shape index (κ3) is 4.32. The maximum atomic E-state index is 12.6. The van der Waals surface area contributed by atoms with Crippen molar-refractivity contribution in [2.45, 2.75) is 19.4 Å². The van der Waals surface area contributed by atoms with Gasteiger partial charge in [0.2, 0.25) is 0 Å². The summed E-state index contributed by atoms with van der Waals surface area (Å²) in [6.45, 7) is 2.82. The fourth-order valence-electron chi connectivity index (χ4n) is 4.41. The number of hydrogen-bond acceptors (Lipinski definition) is 5. The summed E-state index contributed by atoms with van der Waals surface area (Å²) in [5, 5.41) is 8.55. The Morgan fingerprint density at radius 3 is 2.60 bits per heavy atom. The SMILES string of the molecule is CC#CC(=O)N1CC[C@H](n2nc(-c3ccc(C(=O)Nc4ccccc4)cc3)c3c(N)nccc32)C1. The van der Waals surface area contributed by atoms with Gasteiger partial charge in [0.15, 0.2) is 0 Å². The van der Waals surface area contributed by atoms with Crippen LogP contribution in [0.3, 0.4) is 0 Å². The number of hydrogen-bond donors (Lipinski definition) is 2. The summed E-state index contributed by atoms with van der Waals surface area (Å²) in [5.74, 6) is 5.31. The van der Waals surface area contributed by atoms with Gasteiger partial charge in [0.25, 0.3) is 11.8 Å². The quantitative estimate of drug-likeness (QED) is 0.448. The summed E-state index contributed by atoms with van der Waals surface area (Å²) in [6.07, 6.45) is 2.44. The number of nitrogens with two attached hydrogens (primary N) is 1. The minimum Gasteiger partial charge on any atom is -0.383 e. The summed E-state index contributed by atoms with van der Waals surface area (Å²) in [4.78, 5) is 30.9. The number of amides is 2. The number of likely N-dealkylation sites (tertiary alicyclic amines) is 1. The van der Waals surface area contributed by atoms with Crippen molar-refractivity contribution in [2.24, 2.45) is 0 Å². The smallest absolute Gasteiger partial charge is 0.298 e. The number of nitrogens with zero attached hydrogens (tertiary/aromatic N) is 4. The molecule has 174 valence electrons. The Hall–Kier alpha value is -4.64. The van der Waals surface area contributed by atoms with Crippen LogP contribution in [0.4, 0.5) is 11.5 Å². The molecular formula is C27H24N6O2. The first kappa shape index (κ1) is 22.2. The van der Waals surface area contributed by atoms with Gasteiger partial charge < -0.3 is 16.0 Å². The molecule has 0 radical (unpaired) electrons. The van der Waals surface area contributed by atoms with Crippen LogP contribution in [0, 0.1) is 11.8 Å². The Balaban J connectivity index is 1.45. The van der Waals surface area contributed by atoms with Crippen LogP contribution in [0.1, 0.15) is 29.7 Å². The van der Waals surface area contributed by atoms with Gasteiger partial charge in [-0.3, -0.25) is 14.3 Å². The van der Waals surface area contributed by atoms with Crippen molar-refractivity contribution < 1.29 is 9.59 Å². The summed E-state index contributed by atoms with van der Waals surface area (Å²) < 4.78 is 1.94. The van der Waals surface area contributed by atoms with E-state index >= 15 is 0 Å². The molecule has 1 fully saturated rings. The van der Waals surface area contributed by atoms with E-state index in [4.69, 9.17) is 10.8 Å². The van der Waals surface area contributed by atoms with Crippen molar-refractivity contribution in [1.82, 2.24) is 19.7 Å². The van der Waals surface area contributed by atoms with E-state index in [-0.39, 0.29) is 17.9 Å². The van der Waals surface area contributed by atoms with Gasteiger partial charge in [-0.15, -0.1) is 0 Å². The van der Waals surface area contributed by atoms with Crippen LogP contribution in [-0.4, -0.2) is 44.6 Å². The number of carbonyl (C=O) groups is 2. The van der Waals surface area contributed by atoms with Crippen LogP contribution >= 0.6 is 0 Å². The summed E-state index contributed by atoms with van der Waals surface area (Å²) >= 11 is 0. The minimum absolute atomic E-state index is 0.00609. The average Bonchev–Trinajstić information content (AvgIpc) is 3.51. The van der Waals surface area contributed by atoms with Crippen LogP contribution in [0.5, 0.6) is 0 Å². The van der Waals surface area contributed by atoms with Crippen molar-refractivity contribution in [1.29, 1.82) is 0 Å². The molecule has 1 aliphatic heterocycles. The molecule has 0 saturated carbocycles. The highest BCUT2D eigenvalue weighted by atomic mass is 16.2. The molecule has 0 bridgehead atoms. The fourth-order valence-corrected chi connectivity index (χ4v) is 4.41. The molecule has 8 heteroatoms. The molecule has 0 unspecified atom stereocenters. The number of pyridine rings is 1. The Kier molecular flexibility index (Phi) is 5.90. The van der Waals surface area contributed by atoms with E-state index in [0.717, 1.165) is 28.6 Å². The molecule has 8 nitrogen and oxygen atoms in total. The molecule has 3 heterocycles. The van der Waals surface area contributed by atoms with Gasteiger partial charge in [-0.05, 0) is 49.6 Å². The predicted molar refractivity (Wildman–Crippen MR) is 135 cm³/mol. The predicted octanol–water partition coefficient (Wildman–Crippen LogP) is 3.73. The number of nitrogens with one attached hydrogen (secondary N) is 1. The van der Waals surface area contributed by atoms with Crippen molar-refractivity contribution >= 4 is 34.2 Å². The molecule has 5 rings (SSSR count). The van der Waals surface area contributed by atoms with Gasteiger partial charge in [-0.1, -0.05) is 36.3 Å². The van der Waals surface area contributed by atoms with Gasteiger partial charge in [0.05, 0.1) is 16.9 Å². The van der Waals surface area contributed by atoms with Crippen molar-refractivity contribution in [3.8, 4) is 23.1 Å². The largest absolute Gasteiger partial charge is 0.383 e. The second-order valence-electron chi connectivity index (χ2n) is 8.35. The van der Waals surface area contributed by atoms with Crippen molar-refractivity contribution in [2.75, 3.05) is 24.1 Å². The third-order valence-corrected chi connectivity index (χ3v) is 6.13. The van der Waals surface area contributed by atoms with Crippen LogP contribution in [0.2, 0.25) is 0 Å². The molecule has 1 saturated heterocycles. The molecule has 4 aromatic rings. The molecule has 0 aliphatic carbocycles. The maximum Gasteiger partial charge on any atom is 0.298 e. The Morgan fingerprint density at radius 1 is 1.09 bits per heavy atom. The average molecular weight is 465 g/mol. The molecule has 2 amide bonds. The van der Waals surface area contributed by atoms with Crippen LogP contribution in [0.15, 0.2) is 66.9 Å². The molecule has 2 aromatic heterocycles.